The number of hydrogen-bond donors (Lipinski definition) is 0. The van der Waals surface area contributed by atoms with Crippen molar-refractivity contribution in [3.63, 3.8) is 0 Å². The number of hydrogen-bond acceptors (Lipinski definition) is 4. The highest BCUT2D eigenvalue weighted by Crippen LogP contribution is 2.31. The highest BCUT2D eigenvalue weighted by Gasteiger charge is 2.29. The Kier molecular flexibility index (Phi) is 5.96. The van der Waals surface area contributed by atoms with Crippen molar-refractivity contribution in [2.45, 2.75) is 19.4 Å². The largest absolute Gasteiger partial charge is 0.366 e. The second-order valence-electron chi connectivity index (χ2n) is 6.79. The quantitative estimate of drug-likeness (QED) is 0.571. The number of nitro benzene ring substituents is 1. The van der Waals surface area contributed by atoms with Crippen molar-refractivity contribution in [1.82, 2.24) is 4.90 Å². The van der Waals surface area contributed by atoms with Crippen LogP contribution in [0.25, 0.3) is 0 Å². The Morgan fingerprint density at radius 3 is 2.48 bits per heavy atom. The van der Waals surface area contributed by atoms with E-state index < -0.39 is 0 Å². The maximum atomic E-state index is 12.8. The SMILES string of the molecule is CN(Cc1ccccc1Cl)C(=O)C1CCN(c2ccccc2[N+](=O)[O-])CC1. The van der Waals surface area contributed by atoms with Crippen molar-refractivity contribution in [3.05, 3.63) is 69.2 Å². The highest BCUT2D eigenvalue weighted by molar-refractivity contribution is 6.31. The normalized spacial score (nSPS) is 14.8. The van der Waals surface area contributed by atoms with Crippen LogP contribution in [0.1, 0.15) is 18.4 Å². The lowest BCUT2D eigenvalue weighted by molar-refractivity contribution is -0.384. The minimum absolute atomic E-state index is 0.0727. The molecule has 0 spiro atoms. The lowest BCUT2D eigenvalue weighted by Crippen LogP contribution is -2.41. The average molecular weight is 388 g/mol. The van der Waals surface area contributed by atoms with Gasteiger partial charge in [-0.15, -0.1) is 0 Å². The Morgan fingerprint density at radius 2 is 1.81 bits per heavy atom. The molecule has 2 aromatic carbocycles. The van der Waals surface area contributed by atoms with Crippen LogP contribution in [0.4, 0.5) is 11.4 Å². The molecule has 2 aromatic rings. The summed E-state index contributed by atoms with van der Waals surface area (Å²) < 4.78 is 0. The number of benzene rings is 2. The third-order valence-corrected chi connectivity index (χ3v) is 5.37. The van der Waals surface area contributed by atoms with Gasteiger partial charge in [-0.3, -0.25) is 14.9 Å². The molecule has 6 nitrogen and oxygen atoms in total. The minimum Gasteiger partial charge on any atom is -0.366 e. The Morgan fingerprint density at radius 1 is 1.19 bits per heavy atom. The summed E-state index contributed by atoms with van der Waals surface area (Å²) in [6.45, 7) is 1.73. The van der Waals surface area contributed by atoms with E-state index in [-0.39, 0.29) is 22.4 Å². The molecular weight excluding hydrogens is 366 g/mol. The Balaban J connectivity index is 1.61. The van der Waals surface area contributed by atoms with Crippen molar-refractivity contribution in [1.29, 1.82) is 0 Å². The monoisotopic (exact) mass is 387 g/mol. The van der Waals surface area contributed by atoms with E-state index >= 15 is 0 Å². The minimum atomic E-state index is -0.357. The molecule has 7 heteroatoms. The Bertz CT molecular complexity index is 835. The fraction of sp³-hybridized carbons (Fsp3) is 0.350. The van der Waals surface area contributed by atoms with Crippen molar-refractivity contribution in [3.8, 4) is 0 Å². The number of carbonyl (C=O) groups is 1. The summed E-state index contributed by atoms with van der Waals surface area (Å²) in [5.41, 5.74) is 1.66. The third kappa shape index (κ3) is 4.39. The van der Waals surface area contributed by atoms with Gasteiger partial charge in [-0.25, -0.2) is 0 Å². The molecule has 1 saturated heterocycles. The molecule has 0 saturated carbocycles. The number of anilines is 1. The summed E-state index contributed by atoms with van der Waals surface area (Å²) in [6.07, 6.45) is 1.36. The average Bonchev–Trinajstić information content (AvgIpc) is 2.69. The summed E-state index contributed by atoms with van der Waals surface area (Å²) in [5, 5.41) is 11.9. The van der Waals surface area contributed by atoms with Crippen LogP contribution < -0.4 is 4.90 Å². The lowest BCUT2D eigenvalue weighted by Gasteiger charge is -2.34. The van der Waals surface area contributed by atoms with E-state index in [1.807, 2.05) is 29.2 Å². The van der Waals surface area contributed by atoms with Gasteiger partial charge in [-0.05, 0) is 30.5 Å². The molecule has 0 atom stereocenters. The van der Waals surface area contributed by atoms with Crippen LogP contribution in [0.5, 0.6) is 0 Å². The van der Waals surface area contributed by atoms with Gasteiger partial charge in [0.2, 0.25) is 5.91 Å². The number of para-hydroxylation sites is 2. The standard InChI is InChI=1S/C20H22ClN3O3/c1-22(14-16-6-2-3-7-17(16)21)20(25)15-10-12-23(13-11-15)18-8-4-5-9-19(18)24(26)27/h2-9,15H,10-14H2,1H3. The number of carbonyl (C=O) groups excluding carboxylic acids is 1. The molecule has 1 amide bonds. The van der Waals surface area contributed by atoms with Gasteiger partial charge >= 0.3 is 0 Å². The summed E-state index contributed by atoms with van der Waals surface area (Å²) in [4.78, 5) is 27.4. The van der Waals surface area contributed by atoms with Gasteiger partial charge in [0.15, 0.2) is 0 Å². The van der Waals surface area contributed by atoms with E-state index in [0.29, 0.717) is 43.2 Å². The molecular formula is C20H22ClN3O3. The van der Waals surface area contributed by atoms with E-state index in [1.165, 1.54) is 6.07 Å². The smallest absolute Gasteiger partial charge is 0.292 e. The fourth-order valence-corrected chi connectivity index (χ4v) is 3.72. The molecule has 1 heterocycles. The maximum absolute atomic E-state index is 12.8. The zero-order valence-electron chi connectivity index (χ0n) is 15.2. The van der Waals surface area contributed by atoms with E-state index in [2.05, 4.69) is 0 Å². The molecule has 0 aromatic heterocycles. The van der Waals surface area contributed by atoms with E-state index in [0.717, 1.165) is 5.56 Å². The lowest BCUT2D eigenvalue weighted by atomic mass is 9.94. The predicted octanol–water partition coefficient (Wildman–Crippen LogP) is 4.12. The number of nitrogens with zero attached hydrogens (tertiary/aromatic N) is 3. The van der Waals surface area contributed by atoms with Crippen molar-refractivity contribution < 1.29 is 9.72 Å². The second kappa shape index (κ2) is 8.39. The second-order valence-corrected chi connectivity index (χ2v) is 7.20. The van der Waals surface area contributed by atoms with Gasteiger partial charge in [-0.2, -0.15) is 0 Å². The number of rotatable bonds is 5. The van der Waals surface area contributed by atoms with Crippen LogP contribution in [0, 0.1) is 16.0 Å². The zero-order valence-corrected chi connectivity index (χ0v) is 15.9. The van der Waals surface area contributed by atoms with Crippen LogP contribution in [0.15, 0.2) is 48.5 Å². The van der Waals surface area contributed by atoms with Crippen LogP contribution in [-0.2, 0) is 11.3 Å². The first-order valence-electron chi connectivity index (χ1n) is 8.94. The first-order valence-corrected chi connectivity index (χ1v) is 9.32. The highest BCUT2D eigenvalue weighted by atomic mass is 35.5. The molecule has 0 aliphatic carbocycles. The fourth-order valence-electron chi connectivity index (χ4n) is 3.53. The molecule has 1 fully saturated rings. The van der Waals surface area contributed by atoms with Crippen LogP contribution in [-0.4, -0.2) is 35.9 Å². The summed E-state index contributed by atoms with van der Waals surface area (Å²) in [7, 11) is 1.79. The molecule has 1 aliphatic heterocycles. The summed E-state index contributed by atoms with van der Waals surface area (Å²) in [5.74, 6) is 0.0219. The van der Waals surface area contributed by atoms with Gasteiger partial charge in [-0.1, -0.05) is 41.9 Å². The zero-order chi connectivity index (χ0) is 19.4. The van der Waals surface area contributed by atoms with Gasteiger partial charge in [0, 0.05) is 43.7 Å². The van der Waals surface area contributed by atoms with Gasteiger partial charge in [0.05, 0.1) is 4.92 Å². The van der Waals surface area contributed by atoms with Crippen LogP contribution in [0.2, 0.25) is 5.02 Å². The number of nitro groups is 1. The molecule has 3 rings (SSSR count). The Labute approximate surface area is 163 Å². The van der Waals surface area contributed by atoms with Crippen molar-refractivity contribution in [2.24, 2.45) is 5.92 Å². The van der Waals surface area contributed by atoms with Gasteiger partial charge in [0.25, 0.3) is 5.69 Å². The molecule has 1 aliphatic rings. The van der Waals surface area contributed by atoms with Crippen LogP contribution in [0.3, 0.4) is 0 Å². The maximum Gasteiger partial charge on any atom is 0.292 e. The first kappa shape index (κ1) is 19.2. The van der Waals surface area contributed by atoms with Gasteiger partial charge < -0.3 is 9.80 Å². The Hall–Kier alpha value is -2.60. The molecule has 0 radical (unpaired) electrons. The number of piperidine rings is 1. The van der Waals surface area contributed by atoms with E-state index in [9.17, 15) is 14.9 Å². The molecule has 0 bridgehead atoms. The molecule has 142 valence electrons. The number of amides is 1. The molecule has 27 heavy (non-hydrogen) atoms. The van der Waals surface area contributed by atoms with E-state index in [4.69, 9.17) is 11.6 Å². The molecule has 0 N–H and O–H groups in total. The molecule has 0 unspecified atom stereocenters. The van der Waals surface area contributed by atoms with Crippen molar-refractivity contribution >= 4 is 28.9 Å². The first-order chi connectivity index (χ1) is 13.0. The summed E-state index contributed by atoms with van der Waals surface area (Å²) in [6, 6.07) is 14.3. The predicted molar refractivity (Wildman–Crippen MR) is 106 cm³/mol. The topological polar surface area (TPSA) is 66.7 Å². The number of halogens is 1. The van der Waals surface area contributed by atoms with Crippen molar-refractivity contribution in [2.75, 3.05) is 25.0 Å². The summed E-state index contributed by atoms with van der Waals surface area (Å²) >= 11 is 6.19. The van der Waals surface area contributed by atoms with E-state index in [1.54, 1.807) is 30.1 Å². The van der Waals surface area contributed by atoms with Crippen LogP contribution >= 0.6 is 11.6 Å². The van der Waals surface area contributed by atoms with Gasteiger partial charge in [0.1, 0.15) is 5.69 Å². The third-order valence-electron chi connectivity index (χ3n) is 5.00.